The molecule has 0 saturated carbocycles. The molecule has 0 spiro atoms. The smallest absolute Gasteiger partial charge is 0.328 e. The van der Waals surface area contributed by atoms with Crippen molar-refractivity contribution in [2.45, 2.75) is 96.9 Å². The predicted octanol–water partition coefficient (Wildman–Crippen LogP) is 2.20. The lowest BCUT2D eigenvalue weighted by Crippen LogP contribution is -2.50. The first-order valence-corrected chi connectivity index (χ1v) is 14.9. The largest absolute Gasteiger partial charge is 0.467 e. The third kappa shape index (κ3) is 8.12. The van der Waals surface area contributed by atoms with E-state index in [2.05, 4.69) is 20.0 Å². The molecule has 1 aromatic heterocycles. The number of ether oxygens (including phenoxy) is 2. The number of esters is 2. The number of nitrogens with one attached hydrogen (secondary N) is 2. The summed E-state index contributed by atoms with van der Waals surface area (Å²) in [6.45, 7) is 9.47. The number of rotatable bonds is 13. The van der Waals surface area contributed by atoms with Crippen LogP contribution in [0.15, 0.2) is 0 Å². The third-order valence-electron chi connectivity index (χ3n) is 7.30. The molecule has 3 heterocycles. The van der Waals surface area contributed by atoms with Crippen molar-refractivity contribution >= 4 is 40.4 Å². The number of hydrogen-bond donors (Lipinski definition) is 2. The Labute approximate surface area is 240 Å². The van der Waals surface area contributed by atoms with E-state index in [0.29, 0.717) is 49.7 Å². The number of aromatic nitrogens is 2. The summed E-state index contributed by atoms with van der Waals surface area (Å²) in [6.07, 6.45) is 3.87. The SMILES string of the molecule is COC(=O)C1CCCN1C(=O)C(CC(C)C)NCc1nsc(NC(CC(C)C)C(=O)N2CCCC2C(=O)OC)n1. The Morgan fingerprint density at radius 3 is 1.88 bits per heavy atom. The molecule has 0 aromatic carbocycles. The zero-order valence-electron chi connectivity index (χ0n) is 24.5. The van der Waals surface area contributed by atoms with E-state index in [4.69, 9.17) is 9.47 Å². The van der Waals surface area contributed by atoms with Gasteiger partial charge in [0.15, 0.2) is 5.82 Å². The minimum Gasteiger partial charge on any atom is -0.467 e. The summed E-state index contributed by atoms with van der Waals surface area (Å²) in [6, 6.07) is -2.16. The molecule has 1 aromatic rings. The van der Waals surface area contributed by atoms with Gasteiger partial charge in [0.1, 0.15) is 18.1 Å². The van der Waals surface area contributed by atoms with E-state index in [1.54, 1.807) is 9.80 Å². The molecule has 2 aliphatic rings. The zero-order valence-corrected chi connectivity index (χ0v) is 25.3. The summed E-state index contributed by atoms with van der Waals surface area (Å²) in [5, 5.41) is 7.04. The van der Waals surface area contributed by atoms with Gasteiger partial charge in [0.05, 0.1) is 26.8 Å². The fourth-order valence-corrected chi connectivity index (χ4v) is 6.05. The second-order valence-electron chi connectivity index (χ2n) is 11.3. The highest BCUT2D eigenvalue weighted by molar-refractivity contribution is 7.09. The van der Waals surface area contributed by atoms with Crippen LogP contribution in [0.25, 0.3) is 0 Å². The van der Waals surface area contributed by atoms with Crippen LogP contribution in [0.4, 0.5) is 5.13 Å². The molecule has 0 bridgehead atoms. The van der Waals surface area contributed by atoms with Crippen LogP contribution in [0.3, 0.4) is 0 Å². The first-order chi connectivity index (χ1) is 19.0. The molecule has 40 heavy (non-hydrogen) atoms. The van der Waals surface area contributed by atoms with Crippen molar-refractivity contribution in [3.05, 3.63) is 5.82 Å². The molecular weight excluding hydrogens is 536 g/mol. The first-order valence-electron chi connectivity index (χ1n) is 14.1. The number of methoxy groups -OCH3 is 2. The number of hydrogen-bond acceptors (Lipinski definition) is 11. The molecular formula is C27H44N6O6S. The van der Waals surface area contributed by atoms with E-state index in [9.17, 15) is 19.2 Å². The van der Waals surface area contributed by atoms with Crippen molar-refractivity contribution < 1.29 is 28.7 Å². The standard InChI is InChI=1S/C27H44N6O6S/c1-16(2)13-18(23(34)32-11-7-9-20(32)25(36)38-5)28-15-22-30-27(40-31-22)29-19(14-17(3)4)24(35)33-12-8-10-21(33)26(37)39-6/h16-21,28H,7-15H2,1-6H3,(H,29,30,31). The van der Waals surface area contributed by atoms with Crippen LogP contribution >= 0.6 is 11.5 Å². The molecule has 13 heteroatoms. The minimum atomic E-state index is -0.562. The number of amides is 2. The molecule has 2 fully saturated rings. The lowest BCUT2D eigenvalue weighted by atomic mass is 10.0. The Hall–Kier alpha value is -2.80. The highest BCUT2D eigenvalue weighted by Gasteiger charge is 2.39. The van der Waals surface area contributed by atoms with Gasteiger partial charge >= 0.3 is 11.9 Å². The number of carbonyl (C=O) groups excluding carboxylic acids is 4. The lowest BCUT2D eigenvalue weighted by Gasteiger charge is -2.28. The van der Waals surface area contributed by atoms with Crippen LogP contribution in [0, 0.1) is 11.8 Å². The second kappa shape index (κ2) is 14.7. The van der Waals surface area contributed by atoms with Gasteiger partial charge in [-0.2, -0.15) is 4.37 Å². The summed E-state index contributed by atoms with van der Waals surface area (Å²) < 4.78 is 14.2. The van der Waals surface area contributed by atoms with Crippen LogP contribution in [-0.2, 0) is 35.2 Å². The van der Waals surface area contributed by atoms with E-state index >= 15 is 0 Å². The average molecular weight is 581 g/mol. The molecule has 4 unspecified atom stereocenters. The Morgan fingerprint density at radius 1 is 0.875 bits per heavy atom. The summed E-state index contributed by atoms with van der Waals surface area (Å²) >= 11 is 1.15. The molecule has 4 atom stereocenters. The maximum atomic E-state index is 13.5. The Morgan fingerprint density at radius 2 is 1.38 bits per heavy atom. The monoisotopic (exact) mass is 580 g/mol. The van der Waals surface area contributed by atoms with Crippen molar-refractivity contribution in [1.82, 2.24) is 24.5 Å². The van der Waals surface area contributed by atoms with Crippen LogP contribution < -0.4 is 10.6 Å². The number of carbonyl (C=O) groups is 4. The predicted molar refractivity (Wildman–Crippen MR) is 150 cm³/mol. The van der Waals surface area contributed by atoms with Gasteiger partial charge in [-0.25, -0.2) is 14.6 Å². The van der Waals surface area contributed by atoms with E-state index < -0.39 is 30.1 Å². The summed E-state index contributed by atoms with van der Waals surface area (Å²) in [4.78, 5) is 59.1. The van der Waals surface area contributed by atoms with Crippen molar-refractivity contribution in [3.8, 4) is 0 Å². The van der Waals surface area contributed by atoms with E-state index in [0.717, 1.165) is 24.4 Å². The second-order valence-corrected chi connectivity index (χ2v) is 12.1. The summed E-state index contributed by atoms with van der Waals surface area (Å²) in [5.41, 5.74) is 0. The van der Waals surface area contributed by atoms with Gasteiger partial charge in [0.25, 0.3) is 0 Å². The maximum Gasteiger partial charge on any atom is 0.328 e. The molecule has 3 rings (SSSR count). The van der Waals surface area contributed by atoms with Crippen molar-refractivity contribution in [2.75, 3.05) is 32.6 Å². The molecule has 2 saturated heterocycles. The highest BCUT2D eigenvalue weighted by atomic mass is 32.1. The zero-order chi connectivity index (χ0) is 29.4. The Bertz CT molecular complexity index is 1030. The van der Waals surface area contributed by atoms with Gasteiger partial charge in [-0.3, -0.25) is 14.9 Å². The maximum absolute atomic E-state index is 13.5. The van der Waals surface area contributed by atoms with E-state index in [1.807, 2.05) is 27.7 Å². The van der Waals surface area contributed by atoms with Crippen molar-refractivity contribution in [1.29, 1.82) is 0 Å². The quantitative estimate of drug-likeness (QED) is 0.333. The minimum absolute atomic E-state index is 0.122. The number of anilines is 1. The normalized spacial score (nSPS) is 20.6. The average Bonchev–Trinajstić information content (AvgIpc) is 3.69. The molecule has 2 N–H and O–H groups in total. The van der Waals surface area contributed by atoms with Crippen LogP contribution in [0.2, 0.25) is 0 Å². The molecule has 224 valence electrons. The summed E-state index contributed by atoms with van der Waals surface area (Å²) in [7, 11) is 2.68. The van der Waals surface area contributed by atoms with Gasteiger partial charge in [-0.1, -0.05) is 27.7 Å². The van der Waals surface area contributed by atoms with Crippen molar-refractivity contribution in [2.24, 2.45) is 11.8 Å². The van der Waals surface area contributed by atoms with Gasteiger partial charge in [-0.15, -0.1) is 0 Å². The molecule has 12 nitrogen and oxygen atoms in total. The lowest BCUT2D eigenvalue weighted by molar-refractivity contribution is -0.151. The number of nitrogens with zero attached hydrogens (tertiary/aromatic N) is 4. The van der Waals surface area contributed by atoms with Crippen LogP contribution in [-0.4, -0.2) is 94.4 Å². The van der Waals surface area contributed by atoms with Gasteiger partial charge in [-0.05, 0) is 50.4 Å². The Kier molecular flexibility index (Phi) is 11.7. The molecule has 2 amide bonds. The Balaban J connectivity index is 1.66. The topological polar surface area (TPSA) is 143 Å². The van der Waals surface area contributed by atoms with E-state index in [1.165, 1.54) is 14.2 Å². The summed E-state index contributed by atoms with van der Waals surface area (Å²) in [5.74, 6) is -0.0581. The van der Waals surface area contributed by atoms with E-state index in [-0.39, 0.29) is 36.2 Å². The highest BCUT2D eigenvalue weighted by Crippen LogP contribution is 2.24. The third-order valence-corrected chi connectivity index (χ3v) is 7.99. The van der Waals surface area contributed by atoms with Gasteiger partial charge in [0, 0.05) is 24.6 Å². The van der Waals surface area contributed by atoms with Crippen LogP contribution in [0.1, 0.15) is 72.0 Å². The van der Waals surface area contributed by atoms with Gasteiger partial charge < -0.3 is 24.6 Å². The molecule has 0 radical (unpaired) electrons. The van der Waals surface area contributed by atoms with Crippen LogP contribution in [0.5, 0.6) is 0 Å². The molecule has 2 aliphatic heterocycles. The molecule has 0 aliphatic carbocycles. The fraction of sp³-hybridized carbons (Fsp3) is 0.778. The number of likely N-dealkylation sites (tertiary alicyclic amines) is 2. The van der Waals surface area contributed by atoms with Crippen molar-refractivity contribution in [3.63, 3.8) is 0 Å². The van der Waals surface area contributed by atoms with Gasteiger partial charge in [0.2, 0.25) is 16.9 Å². The fourth-order valence-electron chi connectivity index (χ4n) is 5.41. The first kappa shape index (κ1) is 31.7.